The molecule has 0 atom stereocenters. The molecule has 0 unspecified atom stereocenters. The Morgan fingerprint density at radius 3 is 2.68 bits per heavy atom. The predicted molar refractivity (Wildman–Crippen MR) is 86.0 cm³/mol. The molecular formula is C15H18BrNO4S. The summed E-state index contributed by atoms with van der Waals surface area (Å²) in [5, 5.41) is 9.12. The van der Waals surface area contributed by atoms with E-state index in [1.54, 1.807) is 0 Å². The number of halogens is 1. The van der Waals surface area contributed by atoms with Crippen molar-refractivity contribution in [2.75, 3.05) is 13.2 Å². The quantitative estimate of drug-likeness (QED) is 0.860. The number of ether oxygens (including phenoxy) is 1. The molecule has 7 heteroatoms. The smallest absolute Gasteiger partial charge is 0.347 e. The molecule has 0 bridgehead atoms. The topological polar surface area (TPSA) is 66.8 Å². The van der Waals surface area contributed by atoms with Gasteiger partial charge in [-0.1, -0.05) is 0 Å². The molecule has 22 heavy (non-hydrogen) atoms. The highest BCUT2D eigenvalue weighted by Crippen LogP contribution is 2.39. The molecule has 5 nitrogen and oxygen atoms in total. The molecule has 3 rings (SSSR count). The number of fused-ring (bicyclic) bond motifs is 1. The van der Waals surface area contributed by atoms with E-state index < -0.39 is 5.97 Å². The van der Waals surface area contributed by atoms with Gasteiger partial charge >= 0.3 is 5.97 Å². The van der Waals surface area contributed by atoms with E-state index in [1.807, 2.05) is 4.90 Å². The Balaban J connectivity index is 1.56. The van der Waals surface area contributed by atoms with Crippen LogP contribution in [0.15, 0.2) is 4.47 Å². The number of aromatic carboxylic acids is 1. The predicted octanol–water partition coefficient (Wildman–Crippen LogP) is 3.26. The minimum absolute atomic E-state index is 0.165. The molecule has 0 saturated carbocycles. The number of carbonyl (C=O) groups excluding carboxylic acids is 1. The van der Waals surface area contributed by atoms with Gasteiger partial charge in [0.1, 0.15) is 4.88 Å². The van der Waals surface area contributed by atoms with Gasteiger partial charge in [0.05, 0.1) is 6.54 Å². The zero-order chi connectivity index (χ0) is 15.7. The molecular weight excluding hydrogens is 370 g/mol. The Bertz CT molecular complexity index is 595. The third-order valence-corrected chi connectivity index (χ3v) is 6.71. The summed E-state index contributed by atoms with van der Waals surface area (Å²) >= 11 is 4.63. The summed E-state index contributed by atoms with van der Waals surface area (Å²) in [7, 11) is 0. The van der Waals surface area contributed by atoms with Gasteiger partial charge in [0.2, 0.25) is 5.91 Å². The summed E-state index contributed by atoms with van der Waals surface area (Å²) in [6, 6.07) is 0. The molecule has 0 aromatic carbocycles. The van der Waals surface area contributed by atoms with Crippen LogP contribution in [-0.4, -0.2) is 35.1 Å². The van der Waals surface area contributed by atoms with Crippen LogP contribution in [0.25, 0.3) is 0 Å². The van der Waals surface area contributed by atoms with Crippen LogP contribution in [0, 0.1) is 5.92 Å². The monoisotopic (exact) mass is 387 g/mol. The maximum atomic E-state index is 12.4. The number of carbonyl (C=O) groups is 2. The molecule has 1 fully saturated rings. The van der Waals surface area contributed by atoms with Crippen molar-refractivity contribution in [2.45, 2.75) is 38.8 Å². The van der Waals surface area contributed by atoms with E-state index in [0.717, 1.165) is 42.9 Å². The third-order valence-electron chi connectivity index (χ3n) is 4.36. The highest BCUT2D eigenvalue weighted by molar-refractivity contribution is 9.10. The van der Waals surface area contributed by atoms with Crippen LogP contribution in [-0.2, 0) is 22.6 Å². The molecule has 1 N–H and O–H groups in total. The third kappa shape index (κ3) is 3.21. The van der Waals surface area contributed by atoms with Crippen LogP contribution in [0.2, 0.25) is 0 Å². The van der Waals surface area contributed by atoms with E-state index >= 15 is 0 Å². The van der Waals surface area contributed by atoms with E-state index in [0.29, 0.717) is 34.8 Å². The van der Waals surface area contributed by atoms with Crippen molar-refractivity contribution in [3.63, 3.8) is 0 Å². The summed E-state index contributed by atoms with van der Waals surface area (Å²) in [6.07, 6.45) is 3.60. The lowest BCUT2D eigenvalue weighted by atomic mass is 9.95. The van der Waals surface area contributed by atoms with E-state index in [9.17, 15) is 9.59 Å². The number of hydrogen-bond acceptors (Lipinski definition) is 4. The van der Waals surface area contributed by atoms with Gasteiger partial charge in [0.15, 0.2) is 0 Å². The Morgan fingerprint density at radius 1 is 1.32 bits per heavy atom. The number of carboxylic acid groups (broad SMARTS) is 1. The first kappa shape index (κ1) is 16.0. The van der Waals surface area contributed by atoms with Crippen LogP contribution in [0.4, 0.5) is 0 Å². The number of thiophene rings is 1. The summed E-state index contributed by atoms with van der Waals surface area (Å²) in [6.45, 7) is 2.68. The van der Waals surface area contributed by atoms with Crippen molar-refractivity contribution < 1.29 is 19.4 Å². The molecule has 1 amide bonds. The number of carboxylic acids is 1. The second-order valence-electron chi connectivity index (χ2n) is 5.80. The summed E-state index contributed by atoms with van der Waals surface area (Å²) in [5.74, 6) is -0.151. The minimum atomic E-state index is -0.913. The summed E-state index contributed by atoms with van der Waals surface area (Å²) < 4.78 is 5.97. The molecule has 0 radical (unpaired) electrons. The average molecular weight is 388 g/mol. The zero-order valence-electron chi connectivity index (χ0n) is 12.1. The lowest BCUT2D eigenvalue weighted by molar-refractivity contribution is -0.132. The van der Waals surface area contributed by atoms with E-state index in [-0.39, 0.29) is 5.91 Å². The second kappa shape index (κ2) is 6.68. The Labute approximate surface area is 141 Å². The number of rotatable bonds is 4. The summed E-state index contributed by atoms with van der Waals surface area (Å²) in [5.41, 5.74) is 0.960. The molecule has 2 aliphatic rings. The van der Waals surface area contributed by atoms with Crippen molar-refractivity contribution >= 4 is 39.1 Å². The first-order chi connectivity index (χ1) is 10.6. The van der Waals surface area contributed by atoms with Gasteiger partial charge in [-0.2, -0.15) is 0 Å². The minimum Gasteiger partial charge on any atom is -0.477 e. The molecule has 1 saturated heterocycles. The average Bonchev–Trinajstić information content (AvgIpc) is 3.06. The van der Waals surface area contributed by atoms with Crippen LogP contribution in [0.1, 0.15) is 45.8 Å². The maximum Gasteiger partial charge on any atom is 0.347 e. The molecule has 0 spiro atoms. The molecule has 0 aliphatic carbocycles. The first-order valence-electron chi connectivity index (χ1n) is 7.45. The van der Waals surface area contributed by atoms with Crippen molar-refractivity contribution in [3.8, 4) is 0 Å². The van der Waals surface area contributed by atoms with Crippen molar-refractivity contribution in [3.05, 3.63) is 19.8 Å². The van der Waals surface area contributed by atoms with Gasteiger partial charge in [-0.3, -0.25) is 4.79 Å². The summed E-state index contributed by atoms with van der Waals surface area (Å²) in [4.78, 5) is 26.6. The van der Waals surface area contributed by atoms with Gasteiger partial charge < -0.3 is 14.7 Å². The first-order valence-corrected chi connectivity index (χ1v) is 9.06. The largest absolute Gasteiger partial charge is 0.477 e. The van der Waals surface area contributed by atoms with Crippen molar-refractivity contribution in [1.82, 2.24) is 4.90 Å². The fourth-order valence-electron chi connectivity index (χ4n) is 3.03. The molecule has 1 aromatic heterocycles. The van der Waals surface area contributed by atoms with Gasteiger partial charge in [-0.15, -0.1) is 11.3 Å². The lowest BCUT2D eigenvalue weighted by Crippen LogP contribution is -2.26. The van der Waals surface area contributed by atoms with E-state index in [2.05, 4.69) is 15.9 Å². The van der Waals surface area contributed by atoms with Crippen LogP contribution < -0.4 is 0 Å². The van der Waals surface area contributed by atoms with Gasteiger partial charge in [0, 0.05) is 41.1 Å². The SMILES string of the molecule is O=C(O)c1sc2c(c1Br)CN(C(=O)CCC1CCOCC1)C2. The van der Waals surface area contributed by atoms with Gasteiger partial charge in [-0.25, -0.2) is 4.79 Å². The molecule has 3 heterocycles. The number of hydrogen-bond donors (Lipinski definition) is 1. The Kier molecular flexibility index (Phi) is 4.84. The fraction of sp³-hybridized carbons (Fsp3) is 0.600. The Morgan fingerprint density at radius 2 is 2.05 bits per heavy atom. The lowest BCUT2D eigenvalue weighted by Gasteiger charge is -2.23. The maximum absolute atomic E-state index is 12.4. The fourth-order valence-corrected chi connectivity index (χ4v) is 4.99. The van der Waals surface area contributed by atoms with Crippen molar-refractivity contribution in [1.29, 1.82) is 0 Å². The van der Waals surface area contributed by atoms with E-state index in [4.69, 9.17) is 9.84 Å². The number of nitrogens with zero attached hydrogens (tertiary/aromatic N) is 1. The second-order valence-corrected chi connectivity index (χ2v) is 7.69. The van der Waals surface area contributed by atoms with Crippen molar-refractivity contribution in [2.24, 2.45) is 5.92 Å². The standard InChI is InChI=1S/C15H18BrNO4S/c16-13-10-7-17(8-11(10)22-14(13)15(19)20)12(18)2-1-9-3-5-21-6-4-9/h9H,1-8H2,(H,19,20). The highest BCUT2D eigenvalue weighted by atomic mass is 79.9. The van der Waals surface area contributed by atoms with Crippen LogP contribution in [0.3, 0.4) is 0 Å². The van der Waals surface area contributed by atoms with Gasteiger partial charge in [0.25, 0.3) is 0 Å². The highest BCUT2D eigenvalue weighted by Gasteiger charge is 2.30. The molecule has 120 valence electrons. The molecule has 1 aromatic rings. The van der Waals surface area contributed by atoms with Gasteiger partial charge in [-0.05, 0) is 41.1 Å². The normalized spacial score (nSPS) is 18.5. The van der Waals surface area contributed by atoms with Crippen LogP contribution >= 0.6 is 27.3 Å². The van der Waals surface area contributed by atoms with Crippen LogP contribution in [0.5, 0.6) is 0 Å². The zero-order valence-corrected chi connectivity index (χ0v) is 14.5. The Hall–Kier alpha value is -0.920. The number of amides is 1. The molecule has 2 aliphatic heterocycles. The van der Waals surface area contributed by atoms with E-state index in [1.165, 1.54) is 11.3 Å².